The van der Waals surface area contributed by atoms with Crippen LogP contribution in [0.2, 0.25) is 0 Å². The first-order chi connectivity index (χ1) is 13.4. The number of hydrogen-bond donors (Lipinski definition) is 1. The highest BCUT2D eigenvalue weighted by Crippen LogP contribution is 2.33. The third kappa shape index (κ3) is 4.47. The van der Waals surface area contributed by atoms with Crippen LogP contribution in [0.25, 0.3) is 0 Å². The van der Waals surface area contributed by atoms with Crippen molar-refractivity contribution >= 4 is 5.91 Å². The van der Waals surface area contributed by atoms with Crippen molar-refractivity contribution in [1.82, 2.24) is 10.2 Å². The molecule has 150 valence electrons. The second-order valence-electron chi connectivity index (χ2n) is 7.57. The van der Waals surface area contributed by atoms with Crippen LogP contribution in [0.1, 0.15) is 40.8 Å². The summed E-state index contributed by atoms with van der Waals surface area (Å²) in [6.07, 6.45) is 0.898. The van der Waals surface area contributed by atoms with Gasteiger partial charge in [0.25, 0.3) is 0 Å². The van der Waals surface area contributed by atoms with Crippen LogP contribution >= 0.6 is 0 Å². The largest absolute Gasteiger partial charge is 0.493 e. The molecule has 1 unspecified atom stereocenters. The first-order valence-electron chi connectivity index (χ1n) is 9.74. The molecule has 5 heteroatoms. The minimum atomic E-state index is -0.00627. The van der Waals surface area contributed by atoms with Crippen LogP contribution in [-0.4, -0.2) is 38.1 Å². The van der Waals surface area contributed by atoms with E-state index in [9.17, 15) is 4.79 Å². The number of nitrogens with one attached hydrogen (secondary N) is 1. The summed E-state index contributed by atoms with van der Waals surface area (Å²) in [6.45, 7) is 8.21. The topological polar surface area (TPSA) is 50.8 Å². The first kappa shape index (κ1) is 20.2. The van der Waals surface area contributed by atoms with E-state index in [4.69, 9.17) is 9.47 Å². The number of amides is 1. The Hall–Kier alpha value is -2.53. The normalized spacial score (nSPS) is 14.9. The standard InChI is InChI=1S/C23H30N2O3/c1-15-6-7-18(10-16(15)2)17(3)24-23(26)14-25-9-8-19-11-21(27-4)22(28-5)12-20(19)13-25/h6-7,10-12,17H,8-9,13-14H2,1-5H3,(H,24,26). The van der Waals surface area contributed by atoms with Crippen LogP contribution in [0.15, 0.2) is 30.3 Å². The maximum atomic E-state index is 12.6. The quantitative estimate of drug-likeness (QED) is 0.830. The van der Waals surface area contributed by atoms with Crippen LogP contribution in [0, 0.1) is 13.8 Å². The van der Waals surface area contributed by atoms with Gasteiger partial charge >= 0.3 is 0 Å². The van der Waals surface area contributed by atoms with Gasteiger partial charge in [0.1, 0.15) is 0 Å². The fraction of sp³-hybridized carbons (Fsp3) is 0.435. The van der Waals surface area contributed by atoms with E-state index in [-0.39, 0.29) is 11.9 Å². The number of rotatable bonds is 6. The Morgan fingerprint density at radius 2 is 1.75 bits per heavy atom. The van der Waals surface area contributed by atoms with Gasteiger partial charge in [-0.25, -0.2) is 0 Å². The van der Waals surface area contributed by atoms with Gasteiger partial charge in [0, 0.05) is 13.1 Å². The molecule has 0 spiro atoms. The highest BCUT2D eigenvalue weighted by Gasteiger charge is 2.21. The fourth-order valence-electron chi connectivity index (χ4n) is 3.68. The van der Waals surface area contributed by atoms with E-state index in [1.54, 1.807) is 14.2 Å². The lowest BCUT2D eigenvalue weighted by Gasteiger charge is -2.29. The minimum Gasteiger partial charge on any atom is -0.493 e. The molecule has 1 aliphatic heterocycles. The Kier molecular flexibility index (Phi) is 6.25. The maximum absolute atomic E-state index is 12.6. The molecule has 1 heterocycles. The van der Waals surface area contributed by atoms with Gasteiger partial charge in [0.2, 0.25) is 5.91 Å². The van der Waals surface area contributed by atoms with Crippen molar-refractivity contribution < 1.29 is 14.3 Å². The monoisotopic (exact) mass is 382 g/mol. The van der Waals surface area contributed by atoms with Crippen LogP contribution in [0.3, 0.4) is 0 Å². The van der Waals surface area contributed by atoms with Crippen LogP contribution < -0.4 is 14.8 Å². The Morgan fingerprint density at radius 1 is 1.07 bits per heavy atom. The van der Waals surface area contributed by atoms with Crippen molar-refractivity contribution in [2.24, 2.45) is 0 Å². The van der Waals surface area contributed by atoms with Gasteiger partial charge in [-0.3, -0.25) is 9.69 Å². The minimum absolute atomic E-state index is 0.00627. The molecule has 28 heavy (non-hydrogen) atoms. The van der Waals surface area contributed by atoms with Gasteiger partial charge in [0.05, 0.1) is 26.8 Å². The molecule has 0 aliphatic carbocycles. The number of carbonyl (C=O) groups is 1. The molecule has 0 bridgehead atoms. The van der Waals surface area contributed by atoms with E-state index in [1.807, 2.05) is 19.1 Å². The van der Waals surface area contributed by atoms with Crippen molar-refractivity contribution in [3.8, 4) is 11.5 Å². The molecule has 0 saturated heterocycles. The van der Waals surface area contributed by atoms with Crippen LogP contribution in [0.4, 0.5) is 0 Å². The summed E-state index contributed by atoms with van der Waals surface area (Å²) in [6, 6.07) is 10.4. The summed E-state index contributed by atoms with van der Waals surface area (Å²) < 4.78 is 10.8. The maximum Gasteiger partial charge on any atom is 0.234 e. The molecule has 3 rings (SSSR count). The average molecular weight is 383 g/mol. The van der Waals surface area contributed by atoms with Crippen LogP contribution in [-0.2, 0) is 17.8 Å². The van der Waals surface area contributed by atoms with Crippen molar-refractivity contribution in [3.63, 3.8) is 0 Å². The molecule has 1 N–H and O–H groups in total. The van der Waals surface area contributed by atoms with E-state index in [1.165, 1.54) is 22.3 Å². The third-order valence-corrected chi connectivity index (χ3v) is 5.57. The number of ether oxygens (including phenoxy) is 2. The summed E-state index contributed by atoms with van der Waals surface area (Å²) in [5, 5.41) is 3.13. The van der Waals surface area contributed by atoms with Gasteiger partial charge in [-0.05, 0) is 67.1 Å². The van der Waals surface area contributed by atoms with Gasteiger partial charge in [-0.15, -0.1) is 0 Å². The summed E-state index contributed by atoms with van der Waals surface area (Å²) in [7, 11) is 3.30. The molecule has 1 atom stereocenters. The number of hydrogen-bond acceptors (Lipinski definition) is 4. The number of carbonyl (C=O) groups excluding carboxylic acids is 1. The third-order valence-electron chi connectivity index (χ3n) is 5.57. The van der Waals surface area contributed by atoms with Crippen LogP contribution in [0.5, 0.6) is 11.5 Å². The Labute approximate surface area is 167 Å². The highest BCUT2D eigenvalue weighted by molar-refractivity contribution is 5.78. The smallest absolute Gasteiger partial charge is 0.234 e. The van der Waals surface area contributed by atoms with Gasteiger partial charge in [-0.1, -0.05) is 18.2 Å². The molecule has 2 aromatic rings. The predicted molar refractivity (Wildman–Crippen MR) is 111 cm³/mol. The zero-order chi connectivity index (χ0) is 20.3. The second-order valence-corrected chi connectivity index (χ2v) is 7.57. The first-order valence-corrected chi connectivity index (χ1v) is 9.74. The molecule has 1 aliphatic rings. The summed E-state index contributed by atoms with van der Waals surface area (Å²) >= 11 is 0. The van der Waals surface area contributed by atoms with Crippen molar-refractivity contribution in [3.05, 3.63) is 58.1 Å². The lowest BCUT2D eigenvalue weighted by molar-refractivity contribution is -0.123. The Bertz CT molecular complexity index is 863. The zero-order valence-electron chi connectivity index (χ0n) is 17.5. The Balaban J connectivity index is 1.61. The lowest BCUT2D eigenvalue weighted by Crippen LogP contribution is -2.40. The Morgan fingerprint density at radius 3 is 2.39 bits per heavy atom. The number of nitrogens with zero attached hydrogens (tertiary/aromatic N) is 1. The fourth-order valence-corrected chi connectivity index (χ4v) is 3.68. The molecule has 0 aromatic heterocycles. The number of aryl methyl sites for hydroxylation is 2. The molecule has 0 radical (unpaired) electrons. The number of methoxy groups -OCH3 is 2. The van der Waals surface area contributed by atoms with Crippen molar-refractivity contribution in [1.29, 1.82) is 0 Å². The van der Waals surface area contributed by atoms with Crippen molar-refractivity contribution in [2.75, 3.05) is 27.3 Å². The average Bonchev–Trinajstić information content (AvgIpc) is 2.68. The molecule has 0 saturated carbocycles. The van der Waals surface area contributed by atoms with Gasteiger partial charge < -0.3 is 14.8 Å². The van der Waals surface area contributed by atoms with E-state index >= 15 is 0 Å². The molecule has 0 fully saturated rings. The lowest BCUT2D eigenvalue weighted by atomic mass is 9.98. The van der Waals surface area contributed by atoms with Gasteiger partial charge in [0.15, 0.2) is 11.5 Å². The highest BCUT2D eigenvalue weighted by atomic mass is 16.5. The molecular formula is C23H30N2O3. The summed E-state index contributed by atoms with van der Waals surface area (Å²) in [5.41, 5.74) is 6.10. The summed E-state index contributed by atoms with van der Waals surface area (Å²) in [5.74, 6) is 1.54. The van der Waals surface area contributed by atoms with E-state index < -0.39 is 0 Å². The molecule has 1 amide bonds. The van der Waals surface area contributed by atoms with E-state index in [0.717, 1.165) is 36.6 Å². The second kappa shape index (κ2) is 8.65. The van der Waals surface area contributed by atoms with E-state index in [2.05, 4.69) is 42.3 Å². The van der Waals surface area contributed by atoms with Gasteiger partial charge in [-0.2, -0.15) is 0 Å². The van der Waals surface area contributed by atoms with Crippen molar-refractivity contribution in [2.45, 2.75) is 39.8 Å². The molecule has 2 aromatic carbocycles. The molecule has 5 nitrogen and oxygen atoms in total. The predicted octanol–water partition coefficient (Wildman–Crippen LogP) is 3.56. The zero-order valence-corrected chi connectivity index (χ0v) is 17.5. The SMILES string of the molecule is COc1cc2c(cc1OC)CN(CC(=O)NC(C)c1ccc(C)c(C)c1)CC2. The van der Waals surface area contributed by atoms with E-state index in [0.29, 0.717) is 6.54 Å². The summed E-state index contributed by atoms with van der Waals surface area (Å²) in [4.78, 5) is 14.8. The number of benzene rings is 2. The molecular weight excluding hydrogens is 352 g/mol. The number of fused-ring (bicyclic) bond motifs is 1.